The van der Waals surface area contributed by atoms with Crippen molar-refractivity contribution in [3.05, 3.63) is 57.6 Å². The summed E-state index contributed by atoms with van der Waals surface area (Å²) in [4.78, 5) is 10.2. The fourth-order valence-corrected chi connectivity index (χ4v) is 2.39. The van der Waals surface area contributed by atoms with Crippen LogP contribution >= 0.6 is 11.6 Å². The molecule has 0 amide bonds. The summed E-state index contributed by atoms with van der Waals surface area (Å²) in [6.45, 7) is 0.903. The van der Waals surface area contributed by atoms with Crippen LogP contribution in [-0.4, -0.2) is 24.2 Å². The summed E-state index contributed by atoms with van der Waals surface area (Å²) in [5, 5.41) is 14.1. The molecule has 22 heavy (non-hydrogen) atoms. The van der Waals surface area contributed by atoms with Crippen LogP contribution < -0.4 is 14.8 Å². The highest BCUT2D eigenvalue weighted by Crippen LogP contribution is 2.31. The van der Waals surface area contributed by atoms with Crippen LogP contribution in [0.15, 0.2) is 42.5 Å². The first-order valence-corrected chi connectivity index (χ1v) is 7.07. The smallest absolute Gasteiger partial charge is 0.271 e. The van der Waals surface area contributed by atoms with Gasteiger partial charge in [0, 0.05) is 12.1 Å². The molecular formula is C15H13ClN2O4. The van der Waals surface area contributed by atoms with Gasteiger partial charge in [0.1, 0.15) is 12.7 Å². The van der Waals surface area contributed by atoms with Crippen LogP contribution in [-0.2, 0) is 0 Å². The first kappa shape index (κ1) is 14.5. The van der Waals surface area contributed by atoms with Crippen molar-refractivity contribution in [2.75, 3.05) is 18.5 Å². The maximum atomic E-state index is 10.7. The molecule has 1 atom stereocenters. The number of nitrogens with one attached hydrogen (secondary N) is 1. The van der Waals surface area contributed by atoms with E-state index in [1.165, 1.54) is 12.1 Å². The summed E-state index contributed by atoms with van der Waals surface area (Å²) in [5.74, 6) is 1.43. The Labute approximate surface area is 131 Å². The lowest BCUT2D eigenvalue weighted by Gasteiger charge is -2.26. The van der Waals surface area contributed by atoms with Gasteiger partial charge in [0.05, 0.1) is 22.2 Å². The maximum absolute atomic E-state index is 10.7. The summed E-state index contributed by atoms with van der Waals surface area (Å²) in [7, 11) is 0. The lowest BCUT2D eigenvalue weighted by molar-refractivity contribution is -0.384. The Kier molecular flexibility index (Phi) is 4.02. The Morgan fingerprint density at radius 1 is 1.27 bits per heavy atom. The fourth-order valence-electron chi connectivity index (χ4n) is 2.15. The van der Waals surface area contributed by atoms with Crippen LogP contribution in [0.25, 0.3) is 0 Å². The van der Waals surface area contributed by atoms with Gasteiger partial charge in [0.2, 0.25) is 0 Å². The molecule has 114 valence electrons. The Hall–Kier alpha value is -2.47. The zero-order chi connectivity index (χ0) is 15.5. The van der Waals surface area contributed by atoms with Gasteiger partial charge in [-0.3, -0.25) is 10.1 Å². The van der Waals surface area contributed by atoms with Gasteiger partial charge in [-0.05, 0) is 18.2 Å². The molecule has 6 nitrogen and oxygen atoms in total. The van der Waals surface area contributed by atoms with Gasteiger partial charge in [-0.2, -0.15) is 0 Å². The molecule has 0 saturated heterocycles. The van der Waals surface area contributed by atoms with Crippen molar-refractivity contribution in [2.24, 2.45) is 0 Å². The fraction of sp³-hybridized carbons (Fsp3) is 0.200. The van der Waals surface area contributed by atoms with Crippen LogP contribution in [0, 0.1) is 10.1 Å². The summed E-state index contributed by atoms with van der Waals surface area (Å²) in [6, 6.07) is 11.8. The Bertz CT molecular complexity index is 708. The van der Waals surface area contributed by atoms with Gasteiger partial charge in [-0.1, -0.05) is 23.7 Å². The number of nitrogens with zero attached hydrogens (tertiary/aromatic N) is 1. The zero-order valence-electron chi connectivity index (χ0n) is 11.5. The first-order chi connectivity index (χ1) is 10.6. The molecule has 1 aliphatic heterocycles. The molecule has 0 spiro atoms. The maximum Gasteiger partial charge on any atom is 0.271 e. The number of halogens is 1. The summed E-state index contributed by atoms with van der Waals surface area (Å²) >= 11 is 6.03. The average molecular weight is 321 g/mol. The van der Waals surface area contributed by atoms with E-state index in [-0.39, 0.29) is 11.8 Å². The van der Waals surface area contributed by atoms with E-state index in [2.05, 4.69) is 5.32 Å². The summed E-state index contributed by atoms with van der Waals surface area (Å²) < 4.78 is 11.4. The van der Waals surface area contributed by atoms with Crippen LogP contribution in [0.5, 0.6) is 11.5 Å². The lowest BCUT2D eigenvalue weighted by atomic mass is 10.2. The Balaban J connectivity index is 1.63. The number of benzene rings is 2. The monoisotopic (exact) mass is 320 g/mol. The van der Waals surface area contributed by atoms with E-state index in [0.717, 1.165) is 5.75 Å². The van der Waals surface area contributed by atoms with E-state index in [9.17, 15) is 10.1 Å². The second-order valence-corrected chi connectivity index (χ2v) is 5.21. The average Bonchev–Trinajstić information content (AvgIpc) is 2.53. The summed E-state index contributed by atoms with van der Waals surface area (Å²) in [6.07, 6.45) is -0.166. The van der Waals surface area contributed by atoms with Crippen molar-refractivity contribution < 1.29 is 14.4 Å². The second-order valence-electron chi connectivity index (χ2n) is 4.80. The molecule has 2 aromatic rings. The largest absolute Gasteiger partial charge is 0.486 e. The lowest BCUT2D eigenvalue weighted by Crippen LogP contribution is -2.35. The van der Waals surface area contributed by atoms with Crippen LogP contribution in [0.2, 0.25) is 5.02 Å². The highest BCUT2D eigenvalue weighted by molar-refractivity contribution is 6.33. The first-order valence-electron chi connectivity index (χ1n) is 6.70. The molecule has 1 N–H and O–H groups in total. The minimum atomic E-state index is -0.481. The molecule has 3 rings (SSSR count). The number of nitro groups is 1. The van der Waals surface area contributed by atoms with Crippen LogP contribution in [0.3, 0.4) is 0 Å². The number of rotatable bonds is 4. The van der Waals surface area contributed by atoms with Gasteiger partial charge in [0.15, 0.2) is 11.5 Å². The minimum Gasteiger partial charge on any atom is -0.486 e. The second kappa shape index (κ2) is 6.11. The highest BCUT2D eigenvalue weighted by atomic mass is 35.5. The molecule has 7 heteroatoms. The number of para-hydroxylation sites is 2. The number of fused-ring (bicyclic) bond motifs is 1. The van der Waals surface area contributed by atoms with Gasteiger partial charge >= 0.3 is 0 Å². The zero-order valence-corrected chi connectivity index (χ0v) is 12.2. The third-order valence-electron chi connectivity index (χ3n) is 3.25. The number of hydrogen-bond acceptors (Lipinski definition) is 5. The van der Waals surface area contributed by atoms with Gasteiger partial charge in [-0.15, -0.1) is 0 Å². The quantitative estimate of drug-likeness (QED) is 0.689. The Morgan fingerprint density at radius 2 is 2.05 bits per heavy atom. The van der Waals surface area contributed by atoms with Crippen LogP contribution in [0.4, 0.5) is 11.4 Å². The predicted octanol–water partition coefficient (Wildman–Crippen LogP) is 3.50. The van der Waals surface area contributed by atoms with E-state index in [0.29, 0.717) is 29.6 Å². The van der Waals surface area contributed by atoms with Crippen molar-refractivity contribution in [2.45, 2.75) is 6.10 Å². The standard InChI is InChI=1S/C15H13ClN2O4/c16-12-7-10(18(19)20)5-6-13(12)17-8-11-9-21-14-3-1-2-4-15(14)22-11/h1-7,11,17H,8-9H2. The van der Waals surface area contributed by atoms with Gasteiger partial charge < -0.3 is 14.8 Å². The van der Waals surface area contributed by atoms with E-state index in [1.54, 1.807) is 6.07 Å². The molecule has 1 heterocycles. The Morgan fingerprint density at radius 3 is 2.77 bits per heavy atom. The number of non-ortho nitro benzene ring substituents is 1. The van der Waals surface area contributed by atoms with Gasteiger partial charge in [-0.25, -0.2) is 0 Å². The van der Waals surface area contributed by atoms with Crippen molar-refractivity contribution >= 4 is 23.0 Å². The van der Waals surface area contributed by atoms with Crippen LogP contribution in [0.1, 0.15) is 0 Å². The molecule has 0 fully saturated rings. The number of hydrogen-bond donors (Lipinski definition) is 1. The number of ether oxygens (including phenoxy) is 2. The van der Waals surface area contributed by atoms with E-state index in [4.69, 9.17) is 21.1 Å². The molecule has 2 aromatic carbocycles. The SMILES string of the molecule is O=[N+]([O-])c1ccc(NCC2COc3ccccc3O2)c(Cl)c1. The summed E-state index contributed by atoms with van der Waals surface area (Å²) in [5.41, 5.74) is 0.580. The normalized spacial score (nSPS) is 16.1. The predicted molar refractivity (Wildman–Crippen MR) is 82.9 cm³/mol. The van der Waals surface area contributed by atoms with Crippen molar-refractivity contribution in [3.63, 3.8) is 0 Å². The van der Waals surface area contributed by atoms with E-state index >= 15 is 0 Å². The molecule has 1 aliphatic rings. The molecular weight excluding hydrogens is 308 g/mol. The highest BCUT2D eigenvalue weighted by Gasteiger charge is 2.20. The molecule has 0 radical (unpaired) electrons. The third kappa shape index (κ3) is 3.07. The molecule has 1 unspecified atom stereocenters. The molecule has 0 bridgehead atoms. The molecule has 0 aliphatic carbocycles. The topological polar surface area (TPSA) is 73.6 Å². The van der Waals surface area contributed by atoms with E-state index in [1.807, 2.05) is 24.3 Å². The molecule has 0 saturated carbocycles. The van der Waals surface area contributed by atoms with Crippen molar-refractivity contribution in [3.8, 4) is 11.5 Å². The third-order valence-corrected chi connectivity index (χ3v) is 3.56. The number of nitro benzene ring substituents is 1. The van der Waals surface area contributed by atoms with Crippen molar-refractivity contribution in [1.29, 1.82) is 0 Å². The number of anilines is 1. The van der Waals surface area contributed by atoms with Crippen molar-refractivity contribution in [1.82, 2.24) is 0 Å². The minimum absolute atomic E-state index is 0.0401. The van der Waals surface area contributed by atoms with Gasteiger partial charge in [0.25, 0.3) is 5.69 Å². The molecule has 0 aromatic heterocycles. The van der Waals surface area contributed by atoms with E-state index < -0.39 is 4.92 Å².